The third-order valence-electron chi connectivity index (χ3n) is 15.2. The summed E-state index contributed by atoms with van der Waals surface area (Å²) in [4.78, 5) is 101. The van der Waals surface area contributed by atoms with Gasteiger partial charge in [-0.05, 0) is 64.8 Å². The van der Waals surface area contributed by atoms with E-state index >= 15 is 0 Å². The molecular weight excluding hydrogens is 1200 g/mol. The predicted molar refractivity (Wildman–Crippen MR) is 303 cm³/mol. The molecule has 5 saturated heterocycles. The summed E-state index contributed by atoms with van der Waals surface area (Å²) < 4.78 is 44.0. The van der Waals surface area contributed by atoms with Gasteiger partial charge in [0, 0.05) is 83.6 Å². The van der Waals surface area contributed by atoms with E-state index in [1.165, 1.54) is 6.92 Å². The summed E-state index contributed by atoms with van der Waals surface area (Å²) in [7, 11) is 0. The first-order valence-corrected chi connectivity index (χ1v) is 30.8. The topological polar surface area (TPSA) is 520 Å². The number of imide groups is 1. The zero-order valence-electron chi connectivity index (χ0n) is 50.8. The second-order valence-corrected chi connectivity index (χ2v) is 22.4. The second kappa shape index (κ2) is 41.8. The number of ether oxygens (including phenoxy) is 8. The fraction of sp³-hybridized carbons (Fsp3) is 0.857. The Bertz CT molecular complexity index is 2170. The van der Waals surface area contributed by atoms with E-state index in [9.17, 15) is 94.5 Å². The zero-order valence-corrected chi connectivity index (χ0v) is 50.8. The monoisotopic (exact) mass is 1300 g/mol. The van der Waals surface area contributed by atoms with E-state index in [0.29, 0.717) is 82.7 Å². The number of hydroxylamine groups is 2. The summed E-state index contributed by atoms with van der Waals surface area (Å²) >= 11 is 0. The van der Waals surface area contributed by atoms with Crippen LogP contribution in [0, 0.1) is 5.92 Å². The predicted octanol–water partition coefficient (Wildman–Crippen LogP) is -6.35. The molecule has 5 heterocycles. The number of Topliss-reactive ketones (excluding diaryl/α,β-unsaturated/α-hetero) is 1. The number of amides is 6. The number of carbonyl (C=O) groups is 8. The lowest BCUT2D eigenvalue weighted by atomic mass is 9.96. The standard InChI is InChI=1S/C43H70N4O24.C13H26N2O4/c1-21(50)22(17-28(53)45-13-7-3-5-9-31(56)71-47-29(54)10-11-30(47)55)16-27(52)44-12-6-2-4-8-26(51)46-14-15-65-42-39(64)40(70-43-38(63)36(61)33(58)24(19-49)68-43)34(59)25(69-42)20-66-41-37(62)35(60)32(57)23(18-48)67-41;14-7-3-1-2-6-12(17)15-8-10-19-13-11(16)5-4-9-18-13/h22-25,32-43,48-49,57-64H,2-20H2,1H3,(H,44,52)(H,45,53)(H,46,51);11,13,16H,1-10,14H2,(H,15,17)/t22?,23?,24?,25?,32-,33-,34-,35?,36?,37?,38?,39?,40?,41+,42+,43-;/m1./s1. The SMILES string of the molecule is CC(=O)C(CC(=O)NCCCCCC(=O)NCCO[C@H]1OC(CO[C@H]2OC(CO)[C@@H](O)C(O)C2O)[C@@H](O)C(O[C@H]2OC(CO)[C@@H](O)C(O)C2O)C1O)CC(=O)NCCCCCC(=O)ON1C(=O)CCC1=O.NCCCCCC(=O)NCCOC1OCCCC1O. The third kappa shape index (κ3) is 26.4. The number of aliphatic hydroxyl groups excluding tert-OH is 11. The summed E-state index contributed by atoms with van der Waals surface area (Å²) in [5.41, 5.74) is 5.38. The molecule has 5 aliphatic rings. The molecule has 0 aromatic carbocycles. The van der Waals surface area contributed by atoms with Crippen molar-refractivity contribution in [3.05, 3.63) is 0 Å². The summed E-state index contributed by atoms with van der Waals surface area (Å²) in [5, 5.41) is 124. The van der Waals surface area contributed by atoms with E-state index in [1.807, 2.05) is 0 Å². The van der Waals surface area contributed by atoms with E-state index < -0.39 is 160 Å². The molecule has 0 aliphatic carbocycles. The highest BCUT2D eigenvalue weighted by Gasteiger charge is 2.52. The molecule has 17 N–H and O–H groups in total. The first-order valence-electron chi connectivity index (χ1n) is 30.8. The molecule has 6 amide bonds. The van der Waals surface area contributed by atoms with Crippen molar-refractivity contribution in [2.75, 3.05) is 72.4 Å². The van der Waals surface area contributed by atoms with Crippen LogP contribution in [-0.4, -0.2) is 285 Å². The summed E-state index contributed by atoms with van der Waals surface area (Å²) in [5.74, 6) is -4.22. The lowest BCUT2D eigenvalue weighted by Crippen LogP contribution is -2.65. The smallest absolute Gasteiger partial charge is 0.333 e. The Morgan fingerprint density at radius 3 is 1.54 bits per heavy atom. The number of hydrogen-bond acceptors (Lipinski definition) is 29. The van der Waals surface area contributed by atoms with Crippen LogP contribution in [-0.2, 0) is 81.1 Å². The number of nitrogens with zero attached hydrogens (tertiary/aromatic N) is 1. The van der Waals surface area contributed by atoms with Gasteiger partial charge in [-0.2, -0.15) is 0 Å². The van der Waals surface area contributed by atoms with Gasteiger partial charge in [-0.3, -0.25) is 33.6 Å². The van der Waals surface area contributed by atoms with Crippen LogP contribution in [0.1, 0.15) is 122 Å². The minimum absolute atomic E-state index is 0.00304. The van der Waals surface area contributed by atoms with Crippen molar-refractivity contribution < 1.29 is 137 Å². The van der Waals surface area contributed by atoms with Crippen LogP contribution in [0.2, 0.25) is 0 Å². The van der Waals surface area contributed by atoms with Gasteiger partial charge in [0.15, 0.2) is 25.2 Å². The van der Waals surface area contributed by atoms with Crippen molar-refractivity contribution in [2.45, 2.75) is 227 Å². The zero-order chi connectivity index (χ0) is 66.3. The largest absolute Gasteiger partial charge is 0.394 e. The first-order chi connectivity index (χ1) is 43.0. The van der Waals surface area contributed by atoms with Crippen molar-refractivity contribution >= 4 is 47.2 Å². The van der Waals surface area contributed by atoms with E-state index in [-0.39, 0.29) is 82.4 Å². The Balaban J connectivity index is 0.000000774. The van der Waals surface area contributed by atoms with E-state index in [2.05, 4.69) is 21.3 Å². The molecular formula is C56H96N6O28. The molecule has 34 nitrogen and oxygen atoms in total. The molecule has 0 saturated carbocycles. The number of ketones is 1. The van der Waals surface area contributed by atoms with Gasteiger partial charge in [0.1, 0.15) is 85.1 Å². The number of carbonyl (C=O) groups excluding carboxylic acids is 8. The van der Waals surface area contributed by atoms with Gasteiger partial charge in [0.05, 0.1) is 33.0 Å². The second-order valence-electron chi connectivity index (χ2n) is 22.4. The highest BCUT2D eigenvalue weighted by molar-refractivity contribution is 6.01. The molecule has 518 valence electrons. The van der Waals surface area contributed by atoms with Crippen LogP contribution in [0.4, 0.5) is 0 Å². The quantitative estimate of drug-likeness (QED) is 0.0202. The van der Waals surface area contributed by atoms with Gasteiger partial charge in [-0.15, -0.1) is 5.06 Å². The van der Waals surface area contributed by atoms with E-state index in [1.54, 1.807) is 0 Å². The average molecular weight is 1300 g/mol. The van der Waals surface area contributed by atoms with Crippen LogP contribution in [0.25, 0.3) is 0 Å². The molecule has 12 unspecified atom stereocenters. The molecule has 0 bridgehead atoms. The van der Waals surface area contributed by atoms with Crippen molar-refractivity contribution in [1.82, 2.24) is 26.3 Å². The van der Waals surface area contributed by atoms with Gasteiger partial charge in [0.2, 0.25) is 23.6 Å². The number of nitrogens with two attached hydrogens (primary N) is 1. The fourth-order valence-corrected chi connectivity index (χ4v) is 9.85. The number of hydrogen-bond donors (Lipinski definition) is 16. The van der Waals surface area contributed by atoms with Crippen LogP contribution >= 0.6 is 0 Å². The van der Waals surface area contributed by atoms with Crippen molar-refractivity contribution in [3.8, 4) is 0 Å². The minimum atomic E-state index is -1.93. The molecule has 18 atom stereocenters. The Labute approximate surface area is 520 Å². The van der Waals surface area contributed by atoms with Gasteiger partial charge in [-0.25, -0.2) is 4.79 Å². The van der Waals surface area contributed by atoms with Crippen LogP contribution < -0.4 is 27.0 Å². The Kier molecular flexibility index (Phi) is 36.2. The third-order valence-corrected chi connectivity index (χ3v) is 15.2. The van der Waals surface area contributed by atoms with Crippen LogP contribution in [0.5, 0.6) is 0 Å². The maximum atomic E-state index is 12.6. The normalized spacial score (nSPS) is 30.6. The minimum Gasteiger partial charge on any atom is -0.394 e. The highest BCUT2D eigenvalue weighted by Crippen LogP contribution is 2.31. The molecule has 5 aliphatic heterocycles. The van der Waals surface area contributed by atoms with Crippen molar-refractivity contribution in [2.24, 2.45) is 11.7 Å². The maximum Gasteiger partial charge on any atom is 0.333 e. The Hall–Kier alpha value is -4.64. The number of nitrogens with one attached hydrogen (secondary N) is 4. The molecule has 0 aromatic heterocycles. The Morgan fingerprint density at radius 2 is 1.02 bits per heavy atom. The summed E-state index contributed by atoms with van der Waals surface area (Å²) in [6.45, 7) is 1.30. The van der Waals surface area contributed by atoms with Crippen LogP contribution in [0.15, 0.2) is 0 Å². The fourth-order valence-electron chi connectivity index (χ4n) is 9.85. The highest BCUT2D eigenvalue weighted by atomic mass is 16.8. The van der Waals surface area contributed by atoms with Gasteiger partial charge in [-0.1, -0.05) is 19.3 Å². The molecule has 0 radical (unpaired) electrons. The molecule has 90 heavy (non-hydrogen) atoms. The number of rotatable bonds is 38. The van der Waals surface area contributed by atoms with Crippen molar-refractivity contribution in [3.63, 3.8) is 0 Å². The van der Waals surface area contributed by atoms with Gasteiger partial charge in [0.25, 0.3) is 11.8 Å². The number of aliphatic hydroxyl groups is 11. The van der Waals surface area contributed by atoms with Gasteiger partial charge < -0.3 is 126 Å². The Morgan fingerprint density at radius 1 is 0.544 bits per heavy atom. The van der Waals surface area contributed by atoms with E-state index in [0.717, 1.165) is 25.7 Å². The number of unbranched alkanes of at least 4 members (excludes halogenated alkanes) is 6. The average Bonchev–Trinajstić information content (AvgIpc) is 0.997. The molecule has 34 heteroatoms. The summed E-state index contributed by atoms with van der Waals surface area (Å²) in [6.07, 6.45) is -19.2. The molecule has 0 spiro atoms. The molecule has 5 rings (SSSR count). The lowest BCUT2D eigenvalue weighted by Gasteiger charge is -2.46. The lowest BCUT2D eigenvalue weighted by molar-refractivity contribution is -0.366. The molecule has 0 aromatic rings. The van der Waals surface area contributed by atoms with Crippen molar-refractivity contribution in [1.29, 1.82) is 0 Å². The molecule has 5 fully saturated rings. The van der Waals surface area contributed by atoms with Gasteiger partial charge >= 0.3 is 5.97 Å². The van der Waals surface area contributed by atoms with E-state index in [4.69, 9.17) is 48.5 Å². The van der Waals surface area contributed by atoms with Crippen LogP contribution in [0.3, 0.4) is 0 Å². The first kappa shape index (κ1) is 77.8. The maximum absolute atomic E-state index is 12.6. The summed E-state index contributed by atoms with van der Waals surface area (Å²) in [6, 6.07) is 0.